The maximum atomic E-state index is 12.7. The molecule has 1 unspecified atom stereocenters. The van der Waals surface area contributed by atoms with Crippen LogP contribution < -0.4 is 0 Å². The van der Waals surface area contributed by atoms with Crippen molar-refractivity contribution in [3.8, 4) is 0 Å². The summed E-state index contributed by atoms with van der Waals surface area (Å²) in [6, 6.07) is -1.26. The van der Waals surface area contributed by atoms with Crippen molar-refractivity contribution < 1.29 is 18.1 Å². The van der Waals surface area contributed by atoms with Crippen molar-refractivity contribution >= 4 is 0 Å². The highest BCUT2D eigenvalue weighted by molar-refractivity contribution is 5.35. The summed E-state index contributed by atoms with van der Waals surface area (Å²) in [7, 11) is 0. The zero-order valence-electron chi connectivity index (χ0n) is 8.91. The van der Waals surface area contributed by atoms with Crippen molar-refractivity contribution in [2.45, 2.75) is 32.5 Å². The van der Waals surface area contributed by atoms with Crippen LogP contribution in [0.25, 0.3) is 0 Å². The van der Waals surface area contributed by atoms with Crippen molar-refractivity contribution in [2.24, 2.45) is 5.92 Å². The SMILES string of the molecule is CC(C)C1=C(C(F)(F)F)CC([N+](=O)[O-])C=C1. The highest BCUT2D eigenvalue weighted by atomic mass is 19.4. The lowest BCUT2D eigenvalue weighted by Gasteiger charge is -2.22. The van der Waals surface area contributed by atoms with Gasteiger partial charge in [0, 0.05) is 16.9 Å². The van der Waals surface area contributed by atoms with E-state index in [0.29, 0.717) is 0 Å². The van der Waals surface area contributed by atoms with Crippen LogP contribution in [-0.4, -0.2) is 17.1 Å². The van der Waals surface area contributed by atoms with E-state index in [2.05, 4.69) is 0 Å². The molecule has 0 heterocycles. The zero-order valence-corrected chi connectivity index (χ0v) is 8.91. The lowest BCUT2D eigenvalue weighted by molar-refractivity contribution is -0.509. The molecule has 1 aliphatic rings. The third-order valence-corrected chi connectivity index (χ3v) is 2.49. The summed E-state index contributed by atoms with van der Waals surface area (Å²) in [5.74, 6) is -0.291. The summed E-state index contributed by atoms with van der Waals surface area (Å²) in [6.07, 6.45) is -2.60. The van der Waals surface area contributed by atoms with E-state index in [-0.39, 0.29) is 11.5 Å². The smallest absolute Gasteiger partial charge is 0.264 e. The first kappa shape index (κ1) is 12.7. The van der Waals surface area contributed by atoms with Gasteiger partial charge >= 0.3 is 6.18 Å². The van der Waals surface area contributed by atoms with Gasteiger partial charge in [0.25, 0.3) is 0 Å². The van der Waals surface area contributed by atoms with Crippen molar-refractivity contribution in [3.63, 3.8) is 0 Å². The van der Waals surface area contributed by atoms with Crippen molar-refractivity contribution in [1.82, 2.24) is 0 Å². The van der Waals surface area contributed by atoms with Gasteiger partial charge in [-0.3, -0.25) is 10.1 Å². The van der Waals surface area contributed by atoms with Gasteiger partial charge in [-0.25, -0.2) is 0 Å². The van der Waals surface area contributed by atoms with Gasteiger partial charge in [0.2, 0.25) is 6.04 Å². The molecule has 0 aliphatic heterocycles. The predicted octanol–water partition coefficient (Wildman–Crippen LogP) is 3.11. The van der Waals surface area contributed by atoms with Gasteiger partial charge in [0.15, 0.2) is 0 Å². The maximum absolute atomic E-state index is 12.7. The molecule has 0 aromatic carbocycles. The van der Waals surface area contributed by atoms with Crippen LogP contribution in [0.5, 0.6) is 0 Å². The summed E-state index contributed by atoms with van der Waals surface area (Å²) < 4.78 is 38.0. The second-order valence-corrected chi connectivity index (χ2v) is 4.00. The first-order valence-corrected chi connectivity index (χ1v) is 4.85. The summed E-state index contributed by atoms with van der Waals surface area (Å²) in [5.41, 5.74) is -0.627. The van der Waals surface area contributed by atoms with E-state index in [9.17, 15) is 23.3 Å². The summed E-state index contributed by atoms with van der Waals surface area (Å²) >= 11 is 0. The maximum Gasteiger partial charge on any atom is 0.413 e. The fraction of sp³-hybridized carbons (Fsp3) is 0.600. The average molecular weight is 235 g/mol. The molecule has 0 saturated heterocycles. The third-order valence-electron chi connectivity index (χ3n) is 2.49. The molecule has 0 aromatic heterocycles. The fourth-order valence-corrected chi connectivity index (χ4v) is 1.68. The van der Waals surface area contributed by atoms with E-state index >= 15 is 0 Å². The Hall–Kier alpha value is -1.33. The Morgan fingerprint density at radius 2 is 2.06 bits per heavy atom. The van der Waals surface area contributed by atoms with E-state index in [1.54, 1.807) is 13.8 Å². The Kier molecular flexibility index (Phi) is 3.40. The van der Waals surface area contributed by atoms with E-state index in [4.69, 9.17) is 0 Å². The predicted molar refractivity (Wildman–Crippen MR) is 52.5 cm³/mol. The van der Waals surface area contributed by atoms with Crippen LogP contribution >= 0.6 is 0 Å². The Bertz CT molecular complexity index is 356. The molecule has 0 fully saturated rings. The Balaban J connectivity index is 3.11. The number of hydrogen-bond donors (Lipinski definition) is 0. The molecule has 6 heteroatoms. The van der Waals surface area contributed by atoms with Crippen LogP contribution in [0.1, 0.15) is 20.3 Å². The Labute approximate surface area is 90.8 Å². The van der Waals surface area contributed by atoms with Crippen LogP contribution in [0.4, 0.5) is 13.2 Å². The largest absolute Gasteiger partial charge is 0.413 e. The van der Waals surface area contributed by atoms with Gasteiger partial charge in [-0.05, 0) is 17.6 Å². The highest BCUT2D eigenvalue weighted by Gasteiger charge is 2.41. The minimum Gasteiger partial charge on any atom is -0.264 e. The summed E-state index contributed by atoms with van der Waals surface area (Å²) in [6.45, 7) is 3.27. The molecule has 1 aliphatic carbocycles. The number of rotatable bonds is 2. The van der Waals surface area contributed by atoms with E-state index < -0.39 is 29.1 Å². The molecule has 0 radical (unpaired) electrons. The molecule has 0 amide bonds. The molecule has 1 atom stereocenters. The number of nitro groups is 1. The standard InChI is InChI=1S/C10H12F3NO2/c1-6(2)8-4-3-7(14(15)16)5-9(8)10(11,12)13/h3-4,6-7H,5H2,1-2H3. The van der Waals surface area contributed by atoms with Crippen LogP contribution in [-0.2, 0) is 0 Å². The number of hydrogen-bond acceptors (Lipinski definition) is 2. The molecular formula is C10H12F3NO2. The van der Waals surface area contributed by atoms with E-state index in [0.717, 1.165) is 0 Å². The molecule has 1 rings (SSSR count). The monoisotopic (exact) mass is 235 g/mol. The summed E-state index contributed by atoms with van der Waals surface area (Å²) in [5, 5.41) is 10.5. The average Bonchev–Trinajstić information content (AvgIpc) is 2.15. The van der Waals surface area contributed by atoms with Crippen LogP contribution in [0.15, 0.2) is 23.3 Å². The quantitative estimate of drug-likeness (QED) is 0.545. The van der Waals surface area contributed by atoms with Gasteiger partial charge in [-0.2, -0.15) is 13.2 Å². The molecule has 90 valence electrons. The van der Waals surface area contributed by atoms with Gasteiger partial charge in [0.05, 0.1) is 0 Å². The minimum atomic E-state index is -4.49. The minimum absolute atomic E-state index is 0.144. The first-order valence-electron chi connectivity index (χ1n) is 4.85. The lowest BCUT2D eigenvalue weighted by Crippen LogP contribution is -2.27. The van der Waals surface area contributed by atoms with Gasteiger partial charge < -0.3 is 0 Å². The van der Waals surface area contributed by atoms with Gasteiger partial charge in [0.1, 0.15) is 0 Å². The summed E-state index contributed by atoms with van der Waals surface area (Å²) in [4.78, 5) is 9.77. The third kappa shape index (κ3) is 2.62. The molecule has 0 saturated carbocycles. The molecule has 0 N–H and O–H groups in total. The molecule has 0 spiro atoms. The van der Waals surface area contributed by atoms with Crippen LogP contribution in [0.3, 0.4) is 0 Å². The second kappa shape index (κ2) is 4.27. The van der Waals surface area contributed by atoms with E-state index in [1.807, 2.05) is 0 Å². The number of allylic oxidation sites excluding steroid dienone is 2. The topological polar surface area (TPSA) is 43.1 Å². The molecule has 0 aromatic rings. The number of alkyl halides is 3. The fourth-order valence-electron chi connectivity index (χ4n) is 1.68. The Morgan fingerprint density at radius 1 is 1.50 bits per heavy atom. The van der Waals surface area contributed by atoms with Crippen LogP contribution in [0.2, 0.25) is 0 Å². The molecule has 3 nitrogen and oxygen atoms in total. The molecule has 0 bridgehead atoms. The van der Waals surface area contributed by atoms with Gasteiger partial charge in [-0.1, -0.05) is 19.9 Å². The molecule has 16 heavy (non-hydrogen) atoms. The van der Waals surface area contributed by atoms with Crippen LogP contribution in [0, 0.1) is 16.0 Å². The highest BCUT2D eigenvalue weighted by Crippen LogP contribution is 2.37. The number of halogens is 3. The normalized spacial score (nSPS) is 21.8. The van der Waals surface area contributed by atoms with E-state index in [1.165, 1.54) is 12.2 Å². The van der Waals surface area contributed by atoms with Crippen molar-refractivity contribution in [2.75, 3.05) is 0 Å². The van der Waals surface area contributed by atoms with Gasteiger partial charge in [-0.15, -0.1) is 0 Å². The van der Waals surface area contributed by atoms with Crippen molar-refractivity contribution in [1.29, 1.82) is 0 Å². The number of nitrogens with zero attached hydrogens (tertiary/aromatic N) is 1. The lowest BCUT2D eigenvalue weighted by atomic mass is 9.88. The zero-order chi connectivity index (χ0) is 12.5. The van der Waals surface area contributed by atoms with Crippen molar-refractivity contribution in [3.05, 3.63) is 33.4 Å². The first-order chi connectivity index (χ1) is 7.23. The molecular weight excluding hydrogens is 223 g/mol. The Morgan fingerprint density at radius 3 is 2.44 bits per heavy atom. The second-order valence-electron chi connectivity index (χ2n) is 4.00.